The average Bonchev–Trinajstić information content (AvgIpc) is 2.21. The van der Waals surface area contributed by atoms with E-state index in [2.05, 4.69) is 13.8 Å². The van der Waals surface area contributed by atoms with E-state index in [1.165, 1.54) is 0 Å². The average molecular weight is 193 g/mol. The van der Waals surface area contributed by atoms with Gasteiger partial charge in [0.15, 0.2) is 0 Å². The number of phenols is 1. The predicted octanol–water partition coefficient (Wildman–Crippen LogP) is 2.45. The Morgan fingerprint density at radius 1 is 1.21 bits per heavy atom. The summed E-state index contributed by atoms with van der Waals surface area (Å²) in [7, 11) is 0. The van der Waals surface area contributed by atoms with Gasteiger partial charge < -0.3 is 10.8 Å². The molecule has 0 saturated carbocycles. The lowest BCUT2D eigenvalue weighted by atomic mass is 9.86. The Morgan fingerprint density at radius 2 is 1.79 bits per heavy atom. The molecule has 78 valence electrons. The minimum absolute atomic E-state index is 0.182. The Kier molecular flexibility index (Phi) is 3.53. The van der Waals surface area contributed by atoms with Gasteiger partial charge in [0.1, 0.15) is 5.75 Å². The van der Waals surface area contributed by atoms with Gasteiger partial charge in [-0.3, -0.25) is 0 Å². The van der Waals surface area contributed by atoms with Gasteiger partial charge in [0.25, 0.3) is 0 Å². The van der Waals surface area contributed by atoms with Crippen LogP contribution in [-0.2, 0) is 6.42 Å². The van der Waals surface area contributed by atoms with Crippen molar-refractivity contribution in [1.29, 1.82) is 0 Å². The van der Waals surface area contributed by atoms with Crippen molar-refractivity contribution in [2.24, 2.45) is 5.73 Å². The number of aromatic hydroxyl groups is 1. The fourth-order valence-corrected chi connectivity index (χ4v) is 1.54. The molecule has 1 rings (SSSR count). The Balaban J connectivity index is 2.82. The van der Waals surface area contributed by atoms with Crippen LogP contribution in [0.5, 0.6) is 5.75 Å². The van der Waals surface area contributed by atoms with E-state index in [1.807, 2.05) is 18.2 Å². The molecule has 0 atom stereocenters. The molecule has 0 aromatic heterocycles. The summed E-state index contributed by atoms with van der Waals surface area (Å²) in [6, 6.07) is 7.40. The maximum atomic E-state index is 9.61. The van der Waals surface area contributed by atoms with Gasteiger partial charge in [-0.15, -0.1) is 0 Å². The predicted molar refractivity (Wildman–Crippen MR) is 59.3 cm³/mol. The number of rotatable bonds is 4. The maximum absolute atomic E-state index is 9.61. The summed E-state index contributed by atoms with van der Waals surface area (Å²) >= 11 is 0. The van der Waals surface area contributed by atoms with Gasteiger partial charge in [-0.1, -0.05) is 32.0 Å². The van der Waals surface area contributed by atoms with Crippen LogP contribution in [0.3, 0.4) is 0 Å². The molecule has 0 aliphatic carbocycles. The molecule has 14 heavy (non-hydrogen) atoms. The molecule has 2 heteroatoms. The highest BCUT2D eigenvalue weighted by molar-refractivity contribution is 5.33. The fraction of sp³-hybridized carbons (Fsp3) is 0.500. The SMILES string of the molecule is CCC(N)(CC)Cc1ccccc1O. The van der Waals surface area contributed by atoms with E-state index in [0.717, 1.165) is 24.8 Å². The molecule has 2 nitrogen and oxygen atoms in total. The third-order valence-corrected chi connectivity index (χ3v) is 2.94. The molecule has 0 fully saturated rings. The molecule has 3 N–H and O–H groups in total. The lowest BCUT2D eigenvalue weighted by Crippen LogP contribution is -2.40. The molecule has 0 heterocycles. The van der Waals surface area contributed by atoms with Crippen LogP contribution in [0.2, 0.25) is 0 Å². The third kappa shape index (κ3) is 2.48. The molecule has 0 amide bonds. The number of hydrogen-bond donors (Lipinski definition) is 2. The van der Waals surface area contributed by atoms with Crippen molar-refractivity contribution in [3.63, 3.8) is 0 Å². The zero-order chi connectivity index (χ0) is 10.6. The van der Waals surface area contributed by atoms with E-state index in [4.69, 9.17) is 5.73 Å². The molecule has 0 aliphatic heterocycles. The van der Waals surface area contributed by atoms with E-state index < -0.39 is 0 Å². The highest BCUT2D eigenvalue weighted by Gasteiger charge is 2.21. The number of nitrogens with two attached hydrogens (primary N) is 1. The quantitative estimate of drug-likeness (QED) is 0.771. The first-order valence-corrected chi connectivity index (χ1v) is 5.17. The molecular formula is C12H19NO. The van der Waals surface area contributed by atoms with E-state index in [-0.39, 0.29) is 5.54 Å². The van der Waals surface area contributed by atoms with Crippen LogP contribution in [0.1, 0.15) is 32.3 Å². The Labute approximate surface area is 85.8 Å². The van der Waals surface area contributed by atoms with Gasteiger partial charge >= 0.3 is 0 Å². The maximum Gasteiger partial charge on any atom is 0.118 e. The van der Waals surface area contributed by atoms with Crippen molar-refractivity contribution in [1.82, 2.24) is 0 Å². The second-order valence-electron chi connectivity index (χ2n) is 3.87. The van der Waals surface area contributed by atoms with Crippen LogP contribution >= 0.6 is 0 Å². The molecule has 0 saturated heterocycles. The van der Waals surface area contributed by atoms with Crippen molar-refractivity contribution in [2.75, 3.05) is 0 Å². The summed E-state index contributed by atoms with van der Waals surface area (Å²) < 4.78 is 0. The second-order valence-corrected chi connectivity index (χ2v) is 3.87. The molecule has 1 aromatic rings. The van der Waals surface area contributed by atoms with Gasteiger partial charge in [-0.25, -0.2) is 0 Å². The first-order valence-electron chi connectivity index (χ1n) is 5.17. The van der Waals surface area contributed by atoms with Gasteiger partial charge in [-0.2, -0.15) is 0 Å². The second kappa shape index (κ2) is 4.47. The van der Waals surface area contributed by atoms with E-state index in [9.17, 15) is 5.11 Å². The zero-order valence-electron chi connectivity index (χ0n) is 8.96. The topological polar surface area (TPSA) is 46.2 Å². The Bertz CT molecular complexity index is 292. The van der Waals surface area contributed by atoms with E-state index in [0.29, 0.717) is 5.75 Å². The minimum Gasteiger partial charge on any atom is -0.508 e. The van der Waals surface area contributed by atoms with Crippen LogP contribution in [0.25, 0.3) is 0 Å². The molecule has 0 aliphatic rings. The van der Waals surface area contributed by atoms with Crippen molar-refractivity contribution < 1.29 is 5.11 Å². The summed E-state index contributed by atoms with van der Waals surface area (Å²) in [6.45, 7) is 4.17. The van der Waals surface area contributed by atoms with Crippen LogP contribution in [0.15, 0.2) is 24.3 Å². The highest BCUT2D eigenvalue weighted by atomic mass is 16.3. The molecule has 0 unspecified atom stereocenters. The lowest BCUT2D eigenvalue weighted by molar-refractivity contribution is 0.382. The standard InChI is InChI=1S/C12H19NO/c1-3-12(13,4-2)9-10-7-5-6-8-11(10)14/h5-8,14H,3-4,9,13H2,1-2H3. The van der Waals surface area contributed by atoms with Crippen LogP contribution in [0.4, 0.5) is 0 Å². The summed E-state index contributed by atoms with van der Waals surface area (Å²) in [6.07, 6.45) is 2.60. The molecule has 0 radical (unpaired) electrons. The van der Waals surface area contributed by atoms with Crippen molar-refractivity contribution in [3.05, 3.63) is 29.8 Å². The molecule has 1 aromatic carbocycles. The zero-order valence-corrected chi connectivity index (χ0v) is 8.96. The van der Waals surface area contributed by atoms with Crippen molar-refractivity contribution >= 4 is 0 Å². The van der Waals surface area contributed by atoms with Crippen molar-refractivity contribution in [3.8, 4) is 5.75 Å². The summed E-state index contributed by atoms with van der Waals surface area (Å²) in [5, 5.41) is 9.61. The highest BCUT2D eigenvalue weighted by Crippen LogP contribution is 2.24. The van der Waals surface area contributed by atoms with Crippen LogP contribution < -0.4 is 5.73 Å². The molecule has 0 bridgehead atoms. The van der Waals surface area contributed by atoms with Gasteiger partial charge in [0.2, 0.25) is 0 Å². The lowest BCUT2D eigenvalue weighted by Gasteiger charge is -2.26. The van der Waals surface area contributed by atoms with Crippen LogP contribution in [-0.4, -0.2) is 10.6 Å². The smallest absolute Gasteiger partial charge is 0.118 e. The monoisotopic (exact) mass is 193 g/mol. The van der Waals surface area contributed by atoms with Gasteiger partial charge in [0, 0.05) is 5.54 Å². The Hall–Kier alpha value is -1.02. The van der Waals surface area contributed by atoms with E-state index in [1.54, 1.807) is 6.07 Å². The molecular weight excluding hydrogens is 174 g/mol. The summed E-state index contributed by atoms with van der Waals surface area (Å²) in [4.78, 5) is 0. The largest absolute Gasteiger partial charge is 0.508 e. The summed E-state index contributed by atoms with van der Waals surface area (Å²) in [5.74, 6) is 0.351. The Morgan fingerprint density at radius 3 is 2.29 bits per heavy atom. The number of para-hydroxylation sites is 1. The minimum atomic E-state index is -0.182. The van der Waals surface area contributed by atoms with E-state index >= 15 is 0 Å². The van der Waals surface area contributed by atoms with Crippen LogP contribution in [0, 0.1) is 0 Å². The molecule has 0 spiro atoms. The normalized spacial score (nSPS) is 11.6. The van der Waals surface area contributed by atoms with Gasteiger partial charge in [0.05, 0.1) is 0 Å². The fourth-order valence-electron chi connectivity index (χ4n) is 1.54. The first kappa shape index (κ1) is 11.1. The third-order valence-electron chi connectivity index (χ3n) is 2.94. The number of phenolic OH excluding ortho intramolecular Hbond substituents is 1. The van der Waals surface area contributed by atoms with Gasteiger partial charge in [-0.05, 0) is 30.9 Å². The number of benzene rings is 1. The summed E-state index contributed by atoms with van der Waals surface area (Å²) in [5.41, 5.74) is 6.95. The number of hydrogen-bond acceptors (Lipinski definition) is 2. The van der Waals surface area contributed by atoms with Crippen molar-refractivity contribution in [2.45, 2.75) is 38.6 Å². The first-order chi connectivity index (χ1) is 6.61.